The zero-order chi connectivity index (χ0) is 51.3. The van der Waals surface area contributed by atoms with Crippen LogP contribution in [0.25, 0.3) is 0 Å². The van der Waals surface area contributed by atoms with E-state index in [-0.39, 0.29) is 33.0 Å². The van der Waals surface area contributed by atoms with Crippen molar-refractivity contribution in [3.63, 3.8) is 0 Å². The van der Waals surface area contributed by atoms with E-state index in [0.717, 1.165) is 44.7 Å². The molecule has 0 radical (unpaired) electrons. The Hall–Kier alpha value is -6.39. The van der Waals surface area contributed by atoms with Gasteiger partial charge in [-0.2, -0.15) is 0 Å². The van der Waals surface area contributed by atoms with Crippen LogP contribution < -0.4 is 4.74 Å². The lowest BCUT2D eigenvalue weighted by Gasteiger charge is -2.47. The van der Waals surface area contributed by atoms with Gasteiger partial charge in [0.05, 0.1) is 60.0 Å². The Morgan fingerprint density at radius 1 is 0.373 bits per heavy atom. The molecule has 12 heteroatoms. The molecule has 9 rings (SSSR count). The van der Waals surface area contributed by atoms with Gasteiger partial charge in [-0.15, -0.1) is 0 Å². The van der Waals surface area contributed by atoms with Gasteiger partial charge >= 0.3 is 0 Å². The van der Waals surface area contributed by atoms with Crippen LogP contribution in [0.15, 0.2) is 211 Å². The molecule has 2 heterocycles. The summed E-state index contributed by atoms with van der Waals surface area (Å²) in [4.78, 5) is 5.28. The Morgan fingerprint density at radius 3 is 1.19 bits per heavy atom. The second-order valence-corrected chi connectivity index (χ2v) is 18.5. The van der Waals surface area contributed by atoms with Gasteiger partial charge in [-0.25, -0.2) is 0 Å². The third kappa shape index (κ3) is 15.6. The van der Waals surface area contributed by atoms with Crippen molar-refractivity contribution in [3.05, 3.63) is 245 Å². The predicted octanol–water partition coefficient (Wildman–Crippen LogP) is 10.7. The van der Waals surface area contributed by atoms with Gasteiger partial charge < -0.3 is 52.1 Å². The molecule has 7 aromatic carbocycles. The summed E-state index contributed by atoms with van der Waals surface area (Å²) < 4.78 is 73.9. The van der Waals surface area contributed by atoms with E-state index in [4.69, 9.17) is 57.1 Å². The van der Waals surface area contributed by atoms with Crippen LogP contribution in [-0.4, -0.2) is 95.0 Å². The normalized spacial score (nSPS) is 23.8. The molecule has 0 N–H and O–H groups in total. The van der Waals surface area contributed by atoms with E-state index >= 15 is 0 Å². The van der Waals surface area contributed by atoms with Crippen molar-refractivity contribution in [2.24, 2.45) is 4.99 Å². The van der Waals surface area contributed by atoms with Crippen molar-refractivity contribution in [3.8, 4) is 5.75 Å². The third-order valence-corrected chi connectivity index (χ3v) is 13.2. The van der Waals surface area contributed by atoms with Gasteiger partial charge in [0.15, 0.2) is 12.6 Å². The summed E-state index contributed by atoms with van der Waals surface area (Å²) >= 11 is 0. The number of methoxy groups -OCH3 is 2. The molecule has 2 aliphatic heterocycles. The number of hydrogen-bond acceptors (Lipinski definition) is 12. The monoisotopic (exact) mass is 1010 g/mol. The van der Waals surface area contributed by atoms with Crippen molar-refractivity contribution >= 4 is 6.21 Å². The van der Waals surface area contributed by atoms with Crippen LogP contribution in [0.4, 0.5) is 0 Å². The molecule has 7 aromatic rings. The molecule has 0 amide bonds. The lowest BCUT2D eigenvalue weighted by Crippen LogP contribution is -2.63. The van der Waals surface area contributed by atoms with Gasteiger partial charge in [0.1, 0.15) is 54.5 Å². The molecular weight excluding hydrogens is 947 g/mol. The first-order valence-corrected chi connectivity index (χ1v) is 25.6. The van der Waals surface area contributed by atoms with E-state index in [0.29, 0.717) is 19.8 Å². The van der Waals surface area contributed by atoms with Gasteiger partial charge in [0.2, 0.25) is 0 Å². The van der Waals surface area contributed by atoms with Crippen LogP contribution in [0.2, 0.25) is 0 Å². The first kappa shape index (κ1) is 53.4. The first-order chi connectivity index (χ1) is 37.1. The Morgan fingerprint density at radius 2 is 0.747 bits per heavy atom. The van der Waals surface area contributed by atoms with Gasteiger partial charge in [-0.1, -0.05) is 182 Å². The highest BCUT2D eigenvalue weighted by Crippen LogP contribution is 2.35. The lowest BCUT2D eigenvalue weighted by molar-refractivity contribution is -0.336. The number of ether oxygens (including phenoxy) is 11. The number of nitrogens with zero attached hydrogens (tertiary/aromatic N) is 1. The molecule has 0 saturated carbocycles. The second-order valence-electron chi connectivity index (χ2n) is 18.5. The van der Waals surface area contributed by atoms with Gasteiger partial charge in [-0.3, -0.25) is 4.99 Å². The number of hydrogen-bond donors (Lipinski definition) is 0. The van der Waals surface area contributed by atoms with Crippen LogP contribution in [-0.2, 0) is 87.0 Å². The molecule has 75 heavy (non-hydrogen) atoms. The highest BCUT2D eigenvalue weighted by Gasteiger charge is 2.52. The Balaban J connectivity index is 1.07. The highest BCUT2D eigenvalue weighted by atomic mass is 16.7. The average Bonchev–Trinajstić information content (AvgIpc) is 3.47. The minimum absolute atomic E-state index is 0.0202. The SMILES string of the molecule is COc1ccc(C=NC2C(OCC3OC(OC)C(OCc4ccccc4)C(OCc4ccccc4)C3OCc3ccccc3)OC(COCc3ccccc3)C(OCc3ccccc3)C2OCc2ccccc2)cc1. The summed E-state index contributed by atoms with van der Waals surface area (Å²) in [5, 5.41) is 0. The quantitative estimate of drug-likeness (QED) is 0.0483. The maximum absolute atomic E-state index is 7.13. The molecule has 10 atom stereocenters. The van der Waals surface area contributed by atoms with E-state index in [9.17, 15) is 0 Å². The van der Waals surface area contributed by atoms with Crippen LogP contribution in [0.3, 0.4) is 0 Å². The molecule has 2 aliphatic rings. The van der Waals surface area contributed by atoms with Crippen molar-refractivity contribution < 1.29 is 52.1 Å². The maximum Gasteiger partial charge on any atom is 0.186 e. The molecule has 12 nitrogen and oxygen atoms in total. The highest BCUT2D eigenvalue weighted by molar-refractivity contribution is 5.80. The van der Waals surface area contributed by atoms with E-state index in [1.165, 1.54) is 0 Å². The molecule has 10 unspecified atom stereocenters. The van der Waals surface area contributed by atoms with E-state index < -0.39 is 61.3 Å². The van der Waals surface area contributed by atoms with E-state index in [1.807, 2.05) is 212 Å². The van der Waals surface area contributed by atoms with Crippen molar-refractivity contribution in [1.29, 1.82) is 0 Å². The zero-order valence-corrected chi connectivity index (χ0v) is 42.6. The number of aliphatic imine (C=N–C) groups is 1. The molecule has 0 aliphatic carbocycles. The maximum atomic E-state index is 7.13. The Kier molecular flexibility index (Phi) is 20.3. The van der Waals surface area contributed by atoms with Gasteiger partial charge in [0.25, 0.3) is 0 Å². The third-order valence-electron chi connectivity index (χ3n) is 13.2. The van der Waals surface area contributed by atoms with Crippen LogP contribution in [0, 0.1) is 0 Å². The van der Waals surface area contributed by atoms with Gasteiger partial charge in [-0.05, 0) is 63.2 Å². The minimum Gasteiger partial charge on any atom is -0.497 e. The van der Waals surface area contributed by atoms with E-state index in [2.05, 4.69) is 0 Å². The molecule has 2 fully saturated rings. The molecule has 0 aromatic heterocycles. The fraction of sp³-hybridized carbons (Fsp3) is 0.317. The fourth-order valence-electron chi connectivity index (χ4n) is 9.24. The van der Waals surface area contributed by atoms with Crippen LogP contribution in [0.5, 0.6) is 5.75 Å². The molecular formula is C63H67NO11. The van der Waals surface area contributed by atoms with Crippen molar-refractivity contribution in [2.75, 3.05) is 27.4 Å². The first-order valence-electron chi connectivity index (χ1n) is 25.6. The molecule has 0 bridgehead atoms. The second kappa shape index (κ2) is 28.5. The standard InChI is InChI=1S/C63H67NO11/c1-65-53-35-33-46(34-36-53)37-64-56-59(70-41-50-27-15-6-16-28-50)57(68-39-48-23-11-4-12-24-48)54(44-67-38-47-21-9-3-10-22-47)74-62(56)73-45-55-58(69-40-49-25-13-5-14-26-49)60(71-42-51-29-17-7-18-30-51)61(63(66-2)75-55)72-43-52-31-19-8-20-32-52/h3-37,54-63H,38-45H2,1-2H3. The lowest BCUT2D eigenvalue weighted by atomic mass is 9.95. The minimum atomic E-state index is -1.00. The van der Waals surface area contributed by atoms with E-state index in [1.54, 1.807) is 14.2 Å². The Labute approximate surface area is 441 Å². The topological polar surface area (TPSA) is 114 Å². The number of rotatable bonds is 26. The summed E-state index contributed by atoms with van der Waals surface area (Å²) in [7, 11) is 3.26. The molecule has 390 valence electrons. The zero-order valence-electron chi connectivity index (χ0n) is 42.6. The van der Waals surface area contributed by atoms with Gasteiger partial charge in [0, 0.05) is 13.3 Å². The predicted molar refractivity (Wildman–Crippen MR) is 286 cm³/mol. The smallest absolute Gasteiger partial charge is 0.186 e. The average molecular weight is 1010 g/mol. The Bertz CT molecular complexity index is 2690. The summed E-state index contributed by atoms with van der Waals surface area (Å²) in [6.45, 7) is 1.92. The molecule has 2 saturated heterocycles. The van der Waals surface area contributed by atoms with Crippen molar-refractivity contribution in [2.45, 2.75) is 101 Å². The summed E-state index contributed by atoms with van der Waals surface area (Å²) in [6, 6.07) is 67.2. The summed E-state index contributed by atoms with van der Waals surface area (Å²) in [5.41, 5.74) is 6.83. The summed E-state index contributed by atoms with van der Waals surface area (Å²) in [6.07, 6.45) is -4.94. The largest absolute Gasteiger partial charge is 0.497 e. The fourth-order valence-corrected chi connectivity index (χ4v) is 9.24. The number of benzene rings is 7. The molecule has 0 spiro atoms. The van der Waals surface area contributed by atoms with Crippen molar-refractivity contribution in [1.82, 2.24) is 0 Å². The van der Waals surface area contributed by atoms with Crippen LogP contribution >= 0.6 is 0 Å². The van der Waals surface area contributed by atoms with Crippen LogP contribution in [0.1, 0.15) is 38.9 Å². The summed E-state index contributed by atoms with van der Waals surface area (Å²) in [5.74, 6) is 0.732.